The van der Waals surface area contributed by atoms with Crippen molar-refractivity contribution in [2.75, 3.05) is 18.1 Å². The predicted molar refractivity (Wildman–Crippen MR) is 59.7 cm³/mol. The van der Waals surface area contributed by atoms with E-state index in [1.165, 1.54) is 19.1 Å². The summed E-state index contributed by atoms with van der Waals surface area (Å²) in [7, 11) is -0.943. The maximum absolute atomic E-state index is 13.6. The van der Waals surface area contributed by atoms with Crippen LogP contribution in [0.25, 0.3) is 0 Å². The lowest BCUT2D eigenvalue weighted by molar-refractivity contribution is 0.518. The summed E-state index contributed by atoms with van der Waals surface area (Å²) in [6.45, 7) is 2.10. The Kier molecular flexibility index (Phi) is 3.35. The fraction of sp³-hybridized carbons (Fsp3) is 0.455. The zero-order valence-corrected chi connectivity index (χ0v) is 9.74. The first kappa shape index (κ1) is 11.7. The summed E-state index contributed by atoms with van der Waals surface area (Å²) in [4.78, 5) is 0. The normalized spacial score (nSPS) is 25.7. The molecular formula is C11H13F2NOS. The van der Waals surface area contributed by atoms with E-state index < -0.39 is 22.4 Å². The zero-order chi connectivity index (χ0) is 11.7. The monoisotopic (exact) mass is 245 g/mol. The first-order valence-corrected chi connectivity index (χ1v) is 6.60. The molecule has 2 atom stereocenters. The van der Waals surface area contributed by atoms with Crippen LogP contribution in [0, 0.1) is 18.6 Å². The maximum atomic E-state index is 13.6. The molecule has 5 heteroatoms. The largest absolute Gasteiger partial charge is 0.308 e. The van der Waals surface area contributed by atoms with Gasteiger partial charge in [0.15, 0.2) is 0 Å². The molecule has 1 aliphatic heterocycles. The van der Waals surface area contributed by atoms with Gasteiger partial charge >= 0.3 is 0 Å². The van der Waals surface area contributed by atoms with Gasteiger partial charge in [0.1, 0.15) is 11.6 Å². The molecule has 0 spiro atoms. The first-order chi connectivity index (χ1) is 7.58. The summed E-state index contributed by atoms with van der Waals surface area (Å²) in [6, 6.07) is 2.04. The van der Waals surface area contributed by atoms with Gasteiger partial charge in [-0.3, -0.25) is 4.21 Å². The van der Waals surface area contributed by atoms with E-state index in [1.54, 1.807) is 0 Å². The van der Waals surface area contributed by atoms with Crippen LogP contribution in [-0.2, 0) is 10.8 Å². The van der Waals surface area contributed by atoms with Crippen LogP contribution in [0.5, 0.6) is 0 Å². The molecule has 1 N–H and O–H groups in total. The van der Waals surface area contributed by atoms with Crippen LogP contribution in [0.1, 0.15) is 17.2 Å². The summed E-state index contributed by atoms with van der Waals surface area (Å²) < 4.78 is 38.3. The van der Waals surface area contributed by atoms with Crippen LogP contribution in [0.15, 0.2) is 12.1 Å². The quantitative estimate of drug-likeness (QED) is 0.815. The number of rotatable bonds is 1. The third kappa shape index (κ3) is 2.30. The average molecular weight is 245 g/mol. The molecule has 2 nitrogen and oxygen atoms in total. The number of nitrogens with one attached hydrogen (secondary N) is 1. The van der Waals surface area contributed by atoms with E-state index in [1.807, 2.05) is 0 Å². The molecule has 0 aliphatic carbocycles. The topological polar surface area (TPSA) is 29.1 Å². The highest BCUT2D eigenvalue weighted by Gasteiger charge is 2.23. The molecule has 16 heavy (non-hydrogen) atoms. The second-order valence-corrected chi connectivity index (χ2v) is 5.56. The SMILES string of the molecule is Cc1cc(F)c(C2CS(=O)CCN2)cc1F. The van der Waals surface area contributed by atoms with Crippen LogP contribution in [0.4, 0.5) is 8.78 Å². The number of aryl methyl sites for hydroxylation is 1. The molecule has 1 aromatic carbocycles. The fourth-order valence-corrected chi connectivity index (χ4v) is 2.98. The minimum Gasteiger partial charge on any atom is -0.308 e. The maximum Gasteiger partial charge on any atom is 0.128 e. The Balaban J connectivity index is 2.32. The van der Waals surface area contributed by atoms with Crippen molar-refractivity contribution in [3.8, 4) is 0 Å². The lowest BCUT2D eigenvalue weighted by Crippen LogP contribution is -2.36. The summed E-state index contributed by atoms with van der Waals surface area (Å²) in [6.07, 6.45) is 0. The van der Waals surface area contributed by atoms with Gasteiger partial charge in [-0.2, -0.15) is 0 Å². The van der Waals surface area contributed by atoms with Crippen molar-refractivity contribution in [2.45, 2.75) is 13.0 Å². The molecule has 2 rings (SSSR count). The molecule has 0 radical (unpaired) electrons. The Morgan fingerprint density at radius 1 is 1.38 bits per heavy atom. The Morgan fingerprint density at radius 2 is 2.12 bits per heavy atom. The third-order valence-corrected chi connectivity index (χ3v) is 4.09. The van der Waals surface area contributed by atoms with Gasteiger partial charge in [-0.05, 0) is 24.6 Å². The Labute approximate surface area is 95.5 Å². The van der Waals surface area contributed by atoms with Crippen LogP contribution in [0.2, 0.25) is 0 Å². The lowest BCUT2D eigenvalue weighted by Gasteiger charge is -2.24. The van der Waals surface area contributed by atoms with Gasteiger partial charge in [-0.15, -0.1) is 0 Å². The van der Waals surface area contributed by atoms with E-state index >= 15 is 0 Å². The van der Waals surface area contributed by atoms with Crippen LogP contribution >= 0.6 is 0 Å². The van der Waals surface area contributed by atoms with Gasteiger partial charge in [0, 0.05) is 40.5 Å². The van der Waals surface area contributed by atoms with Gasteiger partial charge in [0.2, 0.25) is 0 Å². The number of hydrogen-bond acceptors (Lipinski definition) is 2. The molecule has 1 fully saturated rings. The Hall–Kier alpha value is -0.810. The van der Waals surface area contributed by atoms with Gasteiger partial charge in [-0.25, -0.2) is 8.78 Å². The zero-order valence-electron chi connectivity index (χ0n) is 8.93. The number of halogens is 2. The summed E-state index contributed by atoms with van der Waals surface area (Å²) >= 11 is 0. The van der Waals surface area contributed by atoms with E-state index in [9.17, 15) is 13.0 Å². The smallest absolute Gasteiger partial charge is 0.128 e. The van der Waals surface area contributed by atoms with Gasteiger partial charge in [-0.1, -0.05) is 0 Å². The summed E-state index contributed by atoms with van der Waals surface area (Å²) in [5.74, 6) is 0.0659. The van der Waals surface area contributed by atoms with Crippen LogP contribution in [-0.4, -0.2) is 22.3 Å². The van der Waals surface area contributed by atoms with E-state index in [0.29, 0.717) is 18.1 Å². The molecule has 0 aromatic heterocycles. The van der Waals surface area contributed by atoms with Crippen molar-refractivity contribution in [1.29, 1.82) is 0 Å². The van der Waals surface area contributed by atoms with Crippen molar-refractivity contribution in [1.82, 2.24) is 5.32 Å². The average Bonchev–Trinajstić information content (AvgIpc) is 2.23. The molecule has 2 unspecified atom stereocenters. The van der Waals surface area contributed by atoms with Crippen molar-refractivity contribution < 1.29 is 13.0 Å². The highest BCUT2D eigenvalue weighted by atomic mass is 32.2. The molecule has 1 aromatic rings. The van der Waals surface area contributed by atoms with Crippen LogP contribution < -0.4 is 5.32 Å². The first-order valence-electron chi connectivity index (χ1n) is 5.12. The molecular weight excluding hydrogens is 232 g/mol. The van der Waals surface area contributed by atoms with Crippen LogP contribution in [0.3, 0.4) is 0 Å². The molecule has 1 heterocycles. The molecule has 0 saturated carbocycles. The van der Waals surface area contributed by atoms with Crippen molar-refractivity contribution >= 4 is 10.8 Å². The highest BCUT2D eigenvalue weighted by Crippen LogP contribution is 2.23. The molecule has 1 aliphatic rings. The standard InChI is InChI=1S/C11H13F2NOS/c1-7-4-10(13)8(5-9(7)12)11-6-16(15)3-2-14-11/h4-5,11,14H,2-3,6H2,1H3. The molecule has 1 saturated heterocycles. The van der Waals surface area contributed by atoms with Gasteiger partial charge in [0.05, 0.1) is 0 Å². The van der Waals surface area contributed by atoms with Crippen molar-refractivity contribution in [3.63, 3.8) is 0 Å². The van der Waals surface area contributed by atoms with Crippen molar-refractivity contribution in [2.24, 2.45) is 0 Å². The van der Waals surface area contributed by atoms with Gasteiger partial charge in [0.25, 0.3) is 0 Å². The van der Waals surface area contributed by atoms with E-state index in [2.05, 4.69) is 5.32 Å². The van der Waals surface area contributed by atoms with E-state index in [0.717, 1.165) is 0 Å². The highest BCUT2D eigenvalue weighted by molar-refractivity contribution is 7.85. The Morgan fingerprint density at radius 3 is 2.81 bits per heavy atom. The second-order valence-electron chi connectivity index (χ2n) is 3.94. The number of hydrogen-bond donors (Lipinski definition) is 1. The third-order valence-electron chi connectivity index (χ3n) is 2.73. The number of benzene rings is 1. The van der Waals surface area contributed by atoms with Gasteiger partial charge < -0.3 is 5.32 Å². The molecule has 88 valence electrons. The fourth-order valence-electron chi connectivity index (χ4n) is 1.80. The lowest BCUT2D eigenvalue weighted by atomic mass is 10.0. The predicted octanol–water partition coefficient (Wildman–Crippen LogP) is 1.67. The minimum absolute atomic E-state index is 0.274. The Bertz CT molecular complexity index is 436. The molecule has 0 amide bonds. The van der Waals surface area contributed by atoms with Crippen molar-refractivity contribution in [3.05, 3.63) is 34.9 Å². The molecule has 0 bridgehead atoms. The van der Waals surface area contributed by atoms with E-state index in [4.69, 9.17) is 0 Å². The summed E-state index contributed by atoms with van der Waals surface area (Å²) in [5, 5.41) is 3.05. The minimum atomic E-state index is -0.943. The summed E-state index contributed by atoms with van der Waals surface area (Å²) in [5.41, 5.74) is 0.564. The van der Waals surface area contributed by atoms with E-state index in [-0.39, 0.29) is 17.2 Å². The second kappa shape index (κ2) is 4.59.